The van der Waals surface area contributed by atoms with Gasteiger partial charge in [-0.1, -0.05) is 0 Å². The summed E-state index contributed by atoms with van der Waals surface area (Å²) in [4.78, 5) is 23.0. The summed E-state index contributed by atoms with van der Waals surface area (Å²) in [5.41, 5.74) is -0.119. The number of carbonyl (C=O) groups excluding carboxylic acids is 2. The Bertz CT molecular complexity index is 461. The molecule has 98 valence electrons. The number of nitrogens with two attached hydrogens (primary N) is 1. The highest BCUT2D eigenvalue weighted by Gasteiger charge is 2.23. The summed E-state index contributed by atoms with van der Waals surface area (Å²) < 4.78 is 9.43. The van der Waals surface area contributed by atoms with Crippen molar-refractivity contribution in [3.05, 3.63) is 23.8 Å². The summed E-state index contributed by atoms with van der Waals surface area (Å²) in [6.45, 7) is 1.68. The van der Waals surface area contributed by atoms with Gasteiger partial charge in [0.2, 0.25) is 0 Å². The number of hydrogen-bond acceptors (Lipinski definition) is 6. The van der Waals surface area contributed by atoms with Crippen molar-refractivity contribution in [1.29, 1.82) is 0 Å². The smallest absolute Gasteiger partial charge is 0.431 e. The zero-order chi connectivity index (χ0) is 13.7. The molecule has 1 rings (SSSR count). The second kappa shape index (κ2) is 5.87. The number of rotatable bonds is 3. The summed E-state index contributed by atoms with van der Waals surface area (Å²) >= 11 is 0. The van der Waals surface area contributed by atoms with E-state index in [-0.39, 0.29) is 17.9 Å². The number of aromatic hydroxyl groups is 1. The van der Waals surface area contributed by atoms with Gasteiger partial charge in [-0.25, -0.2) is 10.6 Å². The molecule has 0 aliphatic rings. The normalized spacial score (nSPS) is 9.72. The third-order valence-corrected chi connectivity index (χ3v) is 2.12. The van der Waals surface area contributed by atoms with Crippen molar-refractivity contribution < 1.29 is 24.2 Å². The third-order valence-electron chi connectivity index (χ3n) is 2.12. The predicted molar refractivity (Wildman–Crippen MR) is 62.0 cm³/mol. The van der Waals surface area contributed by atoms with Crippen LogP contribution in [0.25, 0.3) is 0 Å². The molecular formula is C11H14N2O5. The molecule has 0 unspecified atom stereocenters. The van der Waals surface area contributed by atoms with Gasteiger partial charge in [0.1, 0.15) is 11.5 Å². The van der Waals surface area contributed by atoms with E-state index in [4.69, 9.17) is 10.6 Å². The van der Waals surface area contributed by atoms with Crippen LogP contribution in [-0.2, 0) is 4.74 Å². The standard InChI is InChI=1S/C11H14N2O5/c1-3-18-11(16)13(12)10(15)8-5-4-7(17-2)6-9(8)14/h4-6,14H,3,12H2,1-2H3. The van der Waals surface area contributed by atoms with E-state index in [1.54, 1.807) is 6.92 Å². The molecule has 18 heavy (non-hydrogen) atoms. The van der Waals surface area contributed by atoms with Gasteiger partial charge >= 0.3 is 6.09 Å². The summed E-state index contributed by atoms with van der Waals surface area (Å²) in [5, 5.41) is 9.91. The topological polar surface area (TPSA) is 102 Å². The Balaban J connectivity index is 2.93. The number of hydrogen-bond donors (Lipinski definition) is 2. The third kappa shape index (κ3) is 2.89. The second-order valence-electron chi connectivity index (χ2n) is 3.26. The van der Waals surface area contributed by atoms with Crippen LogP contribution in [0.3, 0.4) is 0 Å². The van der Waals surface area contributed by atoms with E-state index in [2.05, 4.69) is 4.74 Å². The molecule has 3 N–H and O–H groups in total. The molecule has 0 atom stereocenters. The fourth-order valence-electron chi connectivity index (χ4n) is 1.22. The number of methoxy groups -OCH3 is 1. The quantitative estimate of drug-likeness (QED) is 0.471. The van der Waals surface area contributed by atoms with Gasteiger partial charge in [-0.05, 0) is 19.1 Å². The lowest BCUT2D eigenvalue weighted by atomic mass is 10.2. The average molecular weight is 254 g/mol. The van der Waals surface area contributed by atoms with Gasteiger partial charge in [0.15, 0.2) is 0 Å². The van der Waals surface area contributed by atoms with Crippen molar-refractivity contribution >= 4 is 12.0 Å². The van der Waals surface area contributed by atoms with E-state index in [9.17, 15) is 14.7 Å². The number of carbonyl (C=O) groups is 2. The van der Waals surface area contributed by atoms with Crippen LogP contribution in [0.5, 0.6) is 11.5 Å². The molecule has 7 nitrogen and oxygen atoms in total. The molecule has 1 aromatic rings. The minimum atomic E-state index is -0.988. The maximum atomic E-state index is 11.8. The predicted octanol–water partition coefficient (Wildman–Crippen LogP) is 0.873. The van der Waals surface area contributed by atoms with Crippen LogP contribution in [0.15, 0.2) is 18.2 Å². The van der Waals surface area contributed by atoms with Crippen LogP contribution in [0, 0.1) is 0 Å². The van der Waals surface area contributed by atoms with E-state index in [1.807, 2.05) is 0 Å². The van der Waals surface area contributed by atoms with Gasteiger partial charge in [-0.15, -0.1) is 0 Å². The van der Waals surface area contributed by atoms with Crippen molar-refractivity contribution in [2.75, 3.05) is 13.7 Å². The molecule has 0 bridgehead atoms. The Morgan fingerprint density at radius 1 is 1.44 bits per heavy atom. The SMILES string of the molecule is CCOC(=O)N(N)C(=O)c1ccc(OC)cc1O. The molecule has 0 heterocycles. The minimum Gasteiger partial charge on any atom is -0.507 e. The second-order valence-corrected chi connectivity index (χ2v) is 3.26. The minimum absolute atomic E-state index is 0.0917. The maximum Gasteiger partial charge on any atom is 0.431 e. The molecule has 2 amide bonds. The van der Waals surface area contributed by atoms with Crippen LogP contribution >= 0.6 is 0 Å². The van der Waals surface area contributed by atoms with Crippen molar-refractivity contribution in [2.45, 2.75) is 6.92 Å². The summed E-state index contributed by atoms with van der Waals surface area (Å²) in [6.07, 6.45) is -0.988. The molecule has 0 aliphatic heterocycles. The van der Waals surface area contributed by atoms with E-state index >= 15 is 0 Å². The van der Waals surface area contributed by atoms with Gasteiger partial charge in [0.25, 0.3) is 5.91 Å². The van der Waals surface area contributed by atoms with Gasteiger partial charge < -0.3 is 14.6 Å². The zero-order valence-corrected chi connectivity index (χ0v) is 10.0. The number of amides is 2. The molecule has 0 saturated carbocycles. The first-order valence-electron chi connectivity index (χ1n) is 5.14. The van der Waals surface area contributed by atoms with Gasteiger partial charge in [0, 0.05) is 6.07 Å². The van der Waals surface area contributed by atoms with Crippen molar-refractivity contribution in [3.8, 4) is 11.5 Å². The first kappa shape index (κ1) is 13.8. The lowest BCUT2D eigenvalue weighted by molar-refractivity contribution is 0.0670. The van der Waals surface area contributed by atoms with Crippen LogP contribution in [0.4, 0.5) is 4.79 Å². The zero-order valence-electron chi connectivity index (χ0n) is 10.0. The molecule has 0 aromatic heterocycles. The lowest BCUT2D eigenvalue weighted by Crippen LogP contribution is -2.42. The van der Waals surface area contributed by atoms with E-state index in [0.29, 0.717) is 10.8 Å². The summed E-state index contributed by atoms with van der Waals surface area (Å²) in [6, 6.07) is 4.01. The lowest BCUT2D eigenvalue weighted by Gasteiger charge is -2.14. The van der Waals surface area contributed by atoms with E-state index in [1.165, 1.54) is 25.3 Å². The summed E-state index contributed by atoms with van der Waals surface area (Å²) in [7, 11) is 1.42. The first-order valence-corrected chi connectivity index (χ1v) is 5.14. The molecule has 0 saturated heterocycles. The van der Waals surface area contributed by atoms with Crippen molar-refractivity contribution in [2.24, 2.45) is 5.84 Å². The fourth-order valence-corrected chi connectivity index (χ4v) is 1.22. The number of hydrazine groups is 1. The first-order chi connectivity index (χ1) is 8.51. The highest BCUT2D eigenvalue weighted by atomic mass is 16.6. The summed E-state index contributed by atoms with van der Waals surface area (Å²) in [5.74, 6) is 4.46. The Hall–Kier alpha value is -2.28. The van der Waals surface area contributed by atoms with Gasteiger partial charge in [-0.2, -0.15) is 5.01 Å². The molecule has 0 aliphatic carbocycles. The molecule has 7 heteroatoms. The van der Waals surface area contributed by atoms with Gasteiger partial charge in [0.05, 0.1) is 19.3 Å². The van der Waals surface area contributed by atoms with E-state index in [0.717, 1.165) is 0 Å². The number of ether oxygens (including phenoxy) is 2. The fraction of sp³-hybridized carbons (Fsp3) is 0.273. The maximum absolute atomic E-state index is 11.8. The van der Waals surface area contributed by atoms with Crippen molar-refractivity contribution in [3.63, 3.8) is 0 Å². The van der Waals surface area contributed by atoms with Crippen LogP contribution in [-0.4, -0.2) is 35.8 Å². The molecule has 0 radical (unpaired) electrons. The number of imide groups is 1. The number of phenolic OH excluding ortho intramolecular Hbond substituents is 1. The molecule has 0 fully saturated rings. The Kier molecular flexibility index (Phi) is 4.50. The Morgan fingerprint density at radius 3 is 2.61 bits per heavy atom. The van der Waals surface area contributed by atoms with Crippen LogP contribution in [0.1, 0.15) is 17.3 Å². The largest absolute Gasteiger partial charge is 0.507 e. The van der Waals surface area contributed by atoms with Crippen LogP contribution in [0.2, 0.25) is 0 Å². The number of phenols is 1. The average Bonchev–Trinajstić information content (AvgIpc) is 2.37. The highest BCUT2D eigenvalue weighted by Crippen LogP contribution is 2.24. The van der Waals surface area contributed by atoms with Gasteiger partial charge in [-0.3, -0.25) is 4.79 Å². The Morgan fingerprint density at radius 2 is 2.11 bits per heavy atom. The number of benzene rings is 1. The Labute approximate surface area is 104 Å². The molecule has 1 aromatic carbocycles. The van der Waals surface area contributed by atoms with E-state index < -0.39 is 12.0 Å². The van der Waals surface area contributed by atoms with Crippen molar-refractivity contribution in [1.82, 2.24) is 5.01 Å². The van der Waals surface area contributed by atoms with Crippen LogP contribution < -0.4 is 10.6 Å². The molecule has 0 spiro atoms. The molecular weight excluding hydrogens is 240 g/mol. The highest BCUT2D eigenvalue weighted by molar-refractivity contribution is 6.04. The number of nitrogens with zero attached hydrogens (tertiary/aromatic N) is 1. The monoisotopic (exact) mass is 254 g/mol.